The summed E-state index contributed by atoms with van der Waals surface area (Å²) in [6.07, 6.45) is 6.36. The summed E-state index contributed by atoms with van der Waals surface area (Å²) in [6, 6.07) is 15.4. The van der Waals surface area contributed by atoms with Crippen molar-refractivity contribution in [2.24, 2.45) is 0 Å². The van der Waals surface area contributed by atoms with Crippen LogP contribution < -0.4 is 4.90 Å². The van der Waals surface area contributed by atoms with Crippen molar-refractivity contribution < 1.29 is 19.5 Å². The number of fused-ring (bicyclic) bond motifs is 1. The Morgan fingerprint density at radius 1 is 1.03 bits per heavy atom. The van der Waals surface area contributed by atoms with Crippen molar-refractivity contribution in [3.05, 3.63) is 99.0 Å². The van der Waals surface area contributed by atoms with E-state index in [0.29, 0.717) is 27.6 Å². The molecule has 1 aliphatic heterocycles. The Balaban J connectivity index is 2.02. The topological polar surface area (TPSA) is 77.9 Å². The lowest BCUT2D eigenvalue weighted by atomic mass is 9.98. The molecule has 0 aromatic heterocycles. The zero-order valence-corrected chi connectivity index (χ0v) is 22.4. The van der Waals surface area contributed by atoms with Gasteiger partial charge in [0.15, 0.2) is 0 Å². The number of nitrogens with zero attached hydrogens (tertiary/aromatic N) is 2. The molecule has 1 aliphatic rings. The molecule has 0 saturated heterocycles. The third-order valence-electron chi connectivity index (χ3n) is 6.75. The Hall–Kier alpha value is -3.79. The molecular formula is C30H26Cl2N2O4. The lowest BCUT2D eigenvalue weighted by Crippen LogP contribution is -2.50. The number of carboxylic acids is 1. The van der Waals surface area contributed by atoms with Gasteiger partial charge in [-0.1, -0.05) is 66.7 Å². The summed E-state index contributed by atoms with van der Waals surface area (Å²) >= 11 is 12.2. The molecule has 8 heteroatoms. The van der Waals surface area contributed by atoms with E-state index in [1.165, 1.54) is 15.9 Å². The lowest BCUT2D eigenvalue weighted by molar-refractivity contribution is -0.141. The average molecular weight is 549 g/mol. The molecule has 3 aromatic rings. The molecule has 38 heavy (non-hydrogen) atoms. The first kappa shape index (κ1) is 27.3. The Kier molecular flexibility index (Phi) is 8.11. The van der Waals surface area contributed by atoms with Crippen LogP contribution in [0.2, 0.25) is 10.0 Å². The third kappa shape index (κ3) is 5.13. The Morgan fingerprint density at radius 3 is 2.18 bits per heavy atom. The van der Waals surface area contributed by atoms with Crippen molar-refractivity contribution in [2.75, 3.05) is 4.90 Å². The summed E-state index contributed by atoms with van der Waals surface area (Å²) in [7, 11) is 0. The number of hydrogen-bond donors (Lipinski definition) is 1. The van der Waals surface area contributed by atoms with Gasteiger partial charge in [0.2, 0.25) is 0 Å². The van der Waals surface area contributed by atoms with Crippen molar-refractivity contribution in [1.29, 1.82) is 0 Å². The van der Waals surface area contributed by atoms with Gasteiger partial charge in [0.1, 0.15) is 12.1 Å². The highest BCUT2D eigenvalue weighted by Crippen LogP contribution is 2.41. The zero-order chi connectivity index (χ0) is 27.6. The van der Waals surface area contributed by atoms with E-state index in [1.54, 1.807) is 60.7 Å². The van der Waals surface area contributed by atoms with Gasteiger partial charge in [-0.2, -0.15) is 0 Å². The number of carbonyl (C=O) groups is 3. The number of amides is 2. The van der Waals surface area contributed by atoms with Gasteiger partial charge in [0, 0.05) is 15.6 Å². The smallest absolute Gasteiger partial charge is 0.326 e. The minimum absolute atomic E-state index is 0.161. The predicted octanol–water partition coefficient (Wildman–Crippen LogP) is 6.52. The minimum atomic E-state index is -1.18. The van der Waals surface area contributed by atoms with E-state index in [1.807, 2.05) is 13.8 Å². The van der Waals surface area contributed by atoms with Crippen LogP contribution in [0.3, 0.4) is 0 Å². The first-order valence-corrected chi connectivity index (χ1v) is 12.9. The van der Waals surface area contributed by atoms with Crippen LogP contribution >= 0.6 is 23.2 Å². The Labute approximate surface area is 231 Å². The van der Waals surface area contributed by atoms with Crippen molar-refractivity contribution in [2.45, 2.75) is 44.8 Å². The molecule has 1 unspecified atom stereocenters. The number of aliphatic carboxylic acids is 1. The van der Waals surface area contributed by atoms with Gasteiger partial charge >= 0.3 is 5.97 Å². The summed E-state index contributed by atoms with van der Waals surface area (Å²) in [5.41, 5.74) is 2.07. The molecule has 6 nitrogen and oxygen atoms in total. The van der Waals surface area contributed by atoms with Gasteiger partial charge < -0.3 is 10.0 Å². The molecule has 0 spiro atoms. The number of carboxylic acid groups (broad SMARTS) is 1. The maximum absolute atomic E-state index is 14.5. The van der Waals surface area contributed by atoms with Crippen LogP contribution in [0.5, 0.6) is 0 Å². The van der Waals surface area contributed by atoms with Gasteiger partial charge in [0.25, 0.3) is 11.8 Å². The van der Waals surface area contributed by atoms with E-state index < -0.39 is 35.9 Å². The van der Waals surface area contributed by atoms with E-state index in [0.717, 1.165) is 5.56 Å². The number of halogens is 2. The summed E-state index contributed by atoms with van der Waals surface area (Å²) in [5, 5.41) is 11.2. The second kappa shape index (κ2) is 11.3. The van der Waals surface area contributed by atoms with Gasteiger partial charge in [-0.25, -0.2) is 4.79 Å². The largest absolute Gasteiger partial charge is 0.480 e. The second-order valence-electron chi connectivity index (χ2n) is 9.12. The Morgan fingerprint density at radius 2 is 1.63 bits per heavy atom. The summed E-state index contributed by atoms with van der Waals surface area (Å²) < 4.78 is 0. The molecule has 3 aromatic carbocycles. The molecule has 0 bridgehead atoms. The average Bonchev–Trinajstić information content (AvgIpc) is 3.00. The van der Waals surface area contributed by atoms with Crippen LogP contribution in [0.1, 0.15) is 65.8 Å². The Bertz CT molecular complexity index is 1410. The van der Waals surface area contributed by atoms with Gasteiger partial charge in [-0.3, -0.25) is 14.5 Å². The van der Waals surface area contributed by atoms with E-state index >= 15 is 0 Å². The van der Waals surface area contributed by atoms with Crippen LogP contribution in [0.4, 0.5) is 5.69 Å². The molecular weight excluding hydrogens is 523 g/mol. The molecule has 1 N–H and O–H groups in total. The molecule has 0 saturated carbocycles. The fourth-order valence-electron chi connectivity index (χ4n) is 4.84. The number of anilines is 1. The molecule has 2 amide bonds. The van der Waals surface area contributed by atoms with Crippen LogP contribution in [0.25, 0.3) is 0 Å². The van der Waals surface area contributed by atoms with E-state index in [-0.39, 0.29) is 17.7 Å². The van der Waals surface area contributed by atoms with Crippen LogP contribution in [-0.4, -0.2) is 33.8 Å². The highest BCUT2D eigenvalue weighted by Gasteiger charge is 2.46. The zero-order valence-electron chi connectivity index (χ0n) is 20.9. The lowest BCUT2D eigenvalue weighted by Gasteiger charge is -2.37. The highest BCUT2D eigenvalue weighted by atomic mass is 35.5. The molecule has 0 radical (unpaired) electrons. The minimum Gasteiger partial charge on any atom is -0.480 e. The van der Waals surface area contributed by atoms with E-state index in [2.05, 4.69) is 5.92 Å². The molecule has 0 aliphatic carbocycles. The molecule has 1 heterocycles. The summed E-state index contributed by atoms with van der Waals surface area (Å²) in [4.78, 5) is 44.0. The van der Waals surface area contributed by atoms with Gasteiger partial charge in [-0.05, 0) is 66.9 Å². The molecule has 3 atom stereocenters. The van der Waals surface area contributed by atoms with Crippen LogP contribution in [-0.2, 0) is 9.59 Å². The van der Waals surface area contributed by atoms with Crippen LogP contribution in [0, 0.1) is 12.3 Å². The normalized spacial score (nSPS) is 16.9. The van der Waals surface area contributed by atoms with Crippen LogP contribution in [0.15, 0.2) is 66.7 Å². The fourth-order valence-corrected chi connectivity index (χ4v) is 5.09. The molecule has 194 valence electrons. The van der Waals surface area contributed by atoms with E-state index in [9.17, 15) is 19.5 Å². The number of carbonyl (C=O) groups excluding carboxylic acids is 2. The number of hydrogen-bond acceptors (Lipinski definition) is 3. The number of terminal acetylenes is 1. The number of rotatable bonds is 7. The van der Waals surface area contributed by atoms with E-state index in [4.69, 9.17) is 29.6 Å². The quantitative estimate of drug-likeness (QED) is 0.341. The van der Waals surface area contributed by atoms with Crippen molar-refractivity contribution >= 4 is 46.7 Å². The monoisotopic (exact) mass is 548 g/mol. The maximum Gasteiger partial charge on any atom is 0.326 e. The third-order valence-corrected chi connectivity index (χ3v) is 7.26. The fraction of sp³-hybridized carbons (Fsp3) is 0.233. The SMILES string of the molecule is C#Cc1ccc2c(c1)C(=O)N([C@H](C)c1ccc(Cl)cc1)[C@@H](c1ccc(Cl)cc1)C(=O)N2C(CCC)C(=O)O. The van der Waals surface area contributed by atoms with Gasteiger partial charge in [0.05, 0.1) is 17.3 Å². The van der Waals surface area contributed by atoms with Crippen molar-refractivity contribution in [1.82, 2.24) is 4.90 Å². The first-order chi connectivity index (χ1) is 18.2. The molecule has 0 fully saturated rings. The predicted molar refractivity (Wildman–Crippen MR) is 148 cm³/mol. The maximum atomic E-state index is 14.5. The first-order valence-electron chi connectivity index (χ1n) is 12.2. The van der Waals surface area contributed by atoms with Crippen molar-refractivity contribution in [3.8, 4) is 12.3 Å². The summed E-state index contributed by atoms with van der Waals surface area (Å²) in [6.45, 7) is 3.66. The standard InChI is InChI=1S/C30H26Cl2N2O4/c1-4-6-26(30(37)38)34-25-16-7-19(5-2)17-24(25)28(35)33(18(3)20-8-12-22(31)13-9-20)27(29(34)36)21-10-14-23(32)15-11-21/h2,7-18,26-27H,4,6H2,1,3H3,(H,37,38)/t18-,26?,27+/m1/s1. The molecule has 4 rings (SSSR count). The summed E-state index contributed by atoms with van der Waals surface area (Å²) in [5.74, 6) is 0.393. The second-order valence-corrected chi connectivity index (χ2v) is 9.99. The van der Waals surface area contributed by atoms with Crippen molar-refractivity contribution in [3.63, 3.8) is 0 Å². The van der Waals surface area contributed by atoms with Gasteiger partial charge in [-0.15, -0.1) is 6.42 Å². The highest BCUT2D eigenvalue weighted by molar-refractivity contribution is 6.30. The number of benzene rings is 3.